The van der Waals surface area contributed by atoms with Gasteiger partial charge in [-0.3, -0.25) is 23.5 Å². The van der Waals surface area contributed by atoms with Crippen molar-refractivity contribution in [1.29, 1.82) is 5.26 Å². The highest BCUT2D eigenvalue weighted by atomic mass is 16.5. The third kappa shape index (κ3) is 6.44. The Morgan fingerprint density at radius 2 is 1.77 bits per heavy atom. The molecular weight excluding hydrogens is 452 g/mol. The number of amides is 1. The van der Waals surface area contributed by atoms with E-state index in [1.807, 2.05) is 0 Å². The number of fused-ring (bicyclic) bond motifs is 1. The third-order valence-corrected chi connectivity index (χ3v) is 5.16. The fraction of sp³-hybridized carbons (Fsp3) is 0.417. The predicted octanol–water partition coefficient (Wildman–Crippen LogP) is 1.41. The van der Waals surface area contributed by atoms with E-state index < -0.39 is 11.2 Å². The highest BCUT2D eigenvalue weighted by Gasteiger charge is 2.19. The monoisotopic (exact) mass is 482 g/mol. The molecule has 2 heterocycles. The van der Waals surface area contributed by atoms with Crippen LogP contribution < -0.4 is 11.2 Å². The van der Waals surface area contributed by atoms with Gasteiger partial charge in [0.25, 0.3) is 5.56 Å². The zero-order chi connectivity index (χ0) is 26.1. The Labute approximate surface area is 202 Å². The van der Waals surface area contributed by atoms with Gasteiger partial charge in [0, 0.05) is 46.7 Å². The molecule has 0 bridgehead atoms. The van der Waals surface area contributed by atoms with E-state index in [0.717, 1.165) is 12.0 Å². The van der Waals surface area contributed by atoms with Gasteiger partial charge in [0.1, 0.15) is 5.82 Å². The van der Waals surface area contributed by atoms with E-state index in [-0.39, 0.29) is 18.9 Å². The van der Waals surface area contributed by atoms with Crippen LogP contribution in [-0.4, -0.2) is 56.7 Å². The summed E-state index contributed by atoms with van der Waals surface area (Å²) < 4.78 is 9.09. The summed E-state index contributed by atoms with van der Waals surface area (Å²) in [7, 11) is 6.68. The van der Waals surface area contributed by atoms with Crippen LogP contribution in [0.5, 0.6) is 0 Å². The molecule has 0 atom stereocenters. The molecule has 0 unspecified atom stereocenters. The van der Waals surface area contributed by atoms with E-state index in [1.165, 1.54) is 14.0 Å². The summed E-state index contributed by atoms with van der Waals surface area (Å²) in [4.78, 5) is 52.6. The van der Waals surface area contributed by atoms with Crippen molar-refractivity contribution in [2.24, 2.45) is 14.1 Å². The number of rotatable bonds is 8. The second-order valence-corrected chi connectivity index (χ2v) is 7.99. The van der Waals surface area contributed by atoms with Gasteiger partial charge in [0.2, 0.25) is 6.41 Å². The summed E-state index contributed by atoms with van der Waals surface area (Å²) in [6.07, 6.45) is 2.02. The summed E-state index contributed by atoms with van der Waals surface area (Å²) in [6, 6.07) is 8.93. The predicted molar refractivity (Wildman–Crippen MR) is 131 cm³/mol. The Morgan fingerprint density at radius 3 is 2.31 bits per heavy atom. The molecule has 35 heavy (non-hydrogen) atoms. The maximum absolute atomic E-state index is 13.1. The normalized spacial score (nSPS) is 10.3. The van der Waals surface area contributed by atoms with Crippen LogP contribution >= 0.6 is 0 Å². The molecule has 186 valence electrons. The van der Waals surface area contributed by atoms with Crippen molar-refractivity contribution in [3.8, 4) is 17.5 Å². The van der Waals surface area contributed by atoms with Gasteiger partial charge >= 0.3 is 11.7 Å². The molecule has 1 amide bonds. The topological polar surface area (TPSA) is 132 Å². The molecule has 0 radical (unpaired) electrons. The highest BCUT2D eigenvalue weighted by Crippen LogP contribution is 2.21. The van der Waals surface area contributed by atoms with E-state index >= 15 is 0 Å². The smallest absolute Gasteiger partial charge is 0.332 e. The standard InChI is InChI=1S/C21H23N5O4.C3H7NO/c1-4-30-16(27)7-5-6-12-26-20(28)17-19(25(3)21(26)29)23-18(24(17)2)15-10-8-14(13-22)9-11-15;1-4(2)3-5/h8-11H,4-7,12H2,1-3H3;3H,1-2H3. The number of nitriles is 1. The number of hydrogen-bond donors (Lipinski definition) is 0. The number of benzene rings is 1. The molecule has 0 saturated heterocycles. The summed E-state index contributed by atoms with van der Waals surface area (Å²) in [5.74, 6) is 0.244. The van der Waals surface area contributed by atoms with Crippen LogP contribution in [0.4, 0.5) is 0 Å². The van der Waals surface area contributed by atoms with Crippen molar-refractivity contribution in [2.45, 2.75) is 32.7 Å². The summed E-state index contributed by atoms with van der Waals surface area (Å²) in [5.41, 5.74) is 1.01. The van der Waals surface area contributed by atoms with Crippen LogP contribution in [0.15, 0.2) is 33.9 Å². The van der Waals surface area contributed by atoms with Gasteiger partial charge in [0.15, 0.2) is 11.2 Å². The second-order valence-electron chi connectivity index (χ2n) is 7.99. The fourth-order valence-corrected chi connectivity index (χ4v) is 3.37. The van der Waals surface area contributed by atoms with Crippen LogP contribution in [-0.2, 0) is 35.0 Å². The molecule has 2 aromatic heterocycles. The Morgan fingerprint density at radius 1 is 1.14 bits per heavy atom. The lowest BCUT2D eigenvalue weighted by Gasteiger charge is -2.08. The first kappa shape index (κ1) is 27.0. The van der Waals surface area contributed by atoms with Crippen molar-refractivity contribution in [3.05, 3.63) is 50.7 Å². The van der Waals surface area contributed by atoms with Gasteiger partial charge in [-0.15, -0.1) is 0 Å². The zero-order valence-electron chi connectivity index (χ0n) is 20.6. The Kier molecular flexibility index (Phi) is 9.52. The lowest BCUT2D eigenvalue weighted by molar-refractivity contribution is -0.143. The van der Waals surface area contributed by atoms with E-state index in [4.69, 9.17) is 10.00 Å². The molecule has 0 spiro atoms. The highest BCUT2D eigenvalue weighted by molar-refractivity contribution is 5.77. The Balaban J connectivity index is 0.000000784. The van der Waals surface area contributed by atoms with Gasteiger partial charge in [-0.1, -0.05) is 0 Å². The van der Waals surface area contributed by atoms with Crippen LogP contribution in [0.25, 0.3) is 22.6 Å². The quantitative estimate of drug-likeness (QED) is 0.269. The minimum Gasteiger partial charge on any atom is -0.466 e. The zero-order valence-corrected chi connectivity index (χ0v) is 20.6. The van der Waals surface area contributed by atoms with Gasteiger partial charge in [-0.2, -0.15) is 5.26 Å². The molecular formula is C24H30N6O5. The van der Waals surface area contributed by atoms with Gasteiger partial charge in [0.05, 0.1) is 18.2 Å². The lowest BCUT2D eigenvalue weighted by atomic mass is 10.1. The van der Waals surface area contributed by atoms with E-state index in [2.05, 4.69) is 11.1 Å². The molecule has 3 rings (SSSR count). The molecule has 0 fully saturated rings. The van der Waals surface area contributed by atoms with Crippen LogP contribution in [0.1, 0.15) is 31.7 Å². The average molecular weight is 483 g/mol. The van der Waals surface area contributed by atoms with E-state index in [1.54, 1.807) is 63.9 Å². The van der Waals surface area contributed by atoms with Gasteiger partial charge in [-0.25, -0.2) is 9.78 Å². The molecule has 0 N–H and O–H groups in total. The SMILES string of the molecule is CCOC(=O)CCCCn1c(=O)c2c(nc(-c3ccc(C#N)cc3)n2C)n(C)c1=O.CN(C)C=O. The van der Waals surface area contributed by atoms with Crippen LogP contribution in [0.2, 0.25) is 0 Å². The minimum atomic E-state index is -0.451. The Hall–Kier alpha value is -4.20. The second kappa shape index (κ2) is 12.3. The number of esters is 1. The fourth-order valence-electron chi connectivity index (χ4n) is 3.37. The van der Waals surface area contributed by atoms with Gasteiger partial charge < -0.3 is 14.2 Å². The number of ether oxygens (including phenoxy) is 1. The molecule has 3 aromatic rings. The molecule has 0 aliphatic rings. The average Bonchev–Trinajstić information content (AvgIpc) is 3.20. The number of carbonyl (C=O) groups is 2. The molecule has 0 aliphatic carbocycles. The van der Waals surface area contributed by atoms with Crippen molar-refractivity contribution < 1.29 is 14.3 Å². The van der Waals surface area contributed by atoms with Crippen molar-refractivity contribution >= 4 is 23.5 Å². The third-order valence-electron chi connectivity index (χ3n) is 5.16. The minimum absolute atomic E-state index is 0.207. The molecule has 11 heteroatoms. The first-order valence-electron chi connectivity index (χ1n) is 11.1. The number of nitrogens with zero attached hydrogens (tertiary/aromatic N) is 6. The number of aryl methyl sites for hydroxylation is 2. The van der Waals surface area contributed by atoms with E-state index in [0.29, 0.717) is 42.0 Å². The van der Waals surface area contributed by atoms with E-state index in [9.17, 15) is 19.2 Å². The largest absolute Gasteiger partial charge is 0.466 e. The van der Waals surface area contributed by atoms with Crippen molar-refractivity contribution in [3.63, 3.8) is 0 Å². The first-order chi connectivity index (χ1) is 16.7. The molecule has 0 aliphatic heterocycles. The number of carbonyl (C=O) groups excluding carboxylic acids is 2. The number of imidazole rings is 1. The molecule has 11 nitrogen and oxygen atoms in total. The van der Waals surface area contributed by atoms with Crippen molar-refractivity contribution in [1.82, 2.24) is 23.6 Å². The maximum Gasteiger partial charge on any atom is 0.332 e. The molecule has 1 aromatic carbocycles. The van der Waals surface area contributed by atoms with Gasteiger partial charge in [-0.05, 0) is 44.0 Å². The number of unbranched alkanes of at least 4 members (excludes halogenated alkanes) is 1. The summed E-state index contributed by atoms with van der Waals surface area (Å²) >= 11 is 0. The maximum atomic E-state index is 13.1. The molecule has 0 saturated carbocycles. The number of aromatic nitrogens is 4. The van der Waals surface area contributed by atoms with Crippen molar-refractivity contribution in [2.75, 3.05) is 20.7 Å². The first-order valence-corrected chi connectivity index (χ1v) is 11.1. The van der Waals surface area contributed by atoms with Crippen LogP contribution in [0.3, 0.4) is 0 Å². The number of hydrogen-bond acceptors (Lipinski definition) is 7. The lowest BCUT2D eigenvalue weighted by Crippen LogP contribution is -2.39. The summed E-state index contributed by atoms with van der Waals surface area (Å²) in [5, 5.41) is 8.97. The van der Waals surface area contributed by atoms with Crippen LogP contribution in [0, 0.1) is 11.3 Å². The Bertz CT molecular complexity index is 1340. The summed E-state index contributed by atoms with van der Waals surface area (Å²) in [6.45, 7) is 2.28.